The average Bonchev–Trinajstić information content (AvgIpc) is 2.97. The summed E-state index contributed by atoms with van der Waals surface area (Å²) in [6.07, 6.45) is 0. The molecule has 0 spiro atoms. The van der Waals surface area contributed by atoms with Crippen LogP contribution in [0.3, 0.4) is 0 Å². The van der Waals surface area contributed by atoms with E-state index < -0.39 is 5.97 Å². The SMILES string of the molecule is CNc1c(C(=O)O)n(Cc2cccc3ccc(F)cc23)c2cccc(C)c12. The first-order valence-corrected chi connectivity index (χ1v) is 8.71. The maximum absolute atomic E-state index is 13.8. The quantitative estimate of drug-likeness (QED) is 0.535. The fourth-order valence-electron chi connectivity index (χ4n) is 3.82. The molecule has 0 aliphatic rings. The summed E-state index contributed by atoms with van der Waals surface area (Å²) < 4.78 is 15.6. The number of hydrogen-bond donors (Lipinski definition) is 2. The second kappa shape index (κ2) is 6.43. The highest BCUT2D eigenvalue weighted by atomic mass is 19.1. The Kier molecular flexibility index (Phi) is 4.07. The molecule has 0 radical (unpaired) electrons. The van der Waals surface area contributed by atoms with Crippen LogP contribution in [0, 0.1) is 12.7 Å². The molecule has 27 heavy (non-hydrogen) atoms. The number of aromatic carboxylic acids is 1. The van der Waals surface area contributed by atoms with E-state index in [0.717, 1.165) is 32.8 Å². The lowest BCUT2D eigenvalue weighted by Crippen LogP contribution is -2.11. The van der Waals surface area contributed by atoms with Gasteiger partial charge in [-0.1, -0.05) is 36.4 Å². The second-order valence-electron chi connectivity index (χ2n) is 6.62. The lowest BCUT2D eigenvalue weighted by Gasteiger charge is -2.12. The highest BCUT2D eigenvalue weighted by Crippen LogP contribution is 2.34. The van der Waals surface area contributed by atoms with Crippen LogP contribution >= 0.6 is 0 Å². The minimum atomic E-state index is -0.999. The first-order chi connectivity index (χ1) is 13.0. The van der Waals surface area contributed by atoms with Gasteiger partial charge in [0.05, 0.1) is 11.2 Å². The third-order valence-electron chi connectivity index (χ3n) is 5.01. The molecule has 0 fully saturated rings. The van der Waals surface area contributed by atoms with Crippen molar-refractivity contribution in [3.05, 3.63) is 77.2 Å². The highest BCUT2D eigenvalue weighted by molar-refractivity contribution is 6.07. The van der Waals surface area contributed by atoms with Crippen LogP contribution in [0.5, 0.6) is 0 Å². The molecule has 2 N–H and O–H groups in total. The summed E-state index contributed by atoms with van der Waals surface area (Å²) in [6.45, 7) is 2.30. The van der Waals surface area contributed by atoms with Gasteiger partial charge in [0.25, 0.3) is 0 Å². The summed E-state index contributed by atoms with van der Waals surface area (Å²) in [6, 6.07) is 16.2. The summed E-state index contributed by atoms with van der Waals surface area (Å²) >= 11 is 0. The van der Waals surface area contributed by atoms with Gasteiger partial charge in [-0.2, -0.15) is 0 Å². The molecule has 0 saturated carbocycles. The van der Waals surface area contributed by atoms with Crippen LogP contribution in [0.15, 0.2) is 54.6 Å². The number of carboxylic acids is 1. The van der Waals surface area contributed by atoms with Crippen molar-refractivity contribution in [1.29, 1.82) is 0 Å². The zero-order valence-corrected chi connectivity index (χ0v) is 15.1. The molecule has 136 valence electrons. The molecule has 1 heterocycles. The topological polar surface area (TPSA) is 54.3 Å². The molecule has 0 atom stereocenters. The number of aromatic nitrogens is 1. The van der Waals surface area contributed by atoms with E-state index in [1.165, 1.54) is 12.1 Å². The molecule has 0 saturated heterocycles. The molecule has 0 unspecified atom stereocenters. The van der Waals surface area contributed by atoms with E-state index in [-0.39, 0.29) is 11.5 Å². The molecular formula is C22H19FN2O2. The van der Waals surface area contributed by atoms with Crippen LogP contribution in [0.1, 0.15) is 21.6 Å². The Morgan fingerprint density at radius 1 is 1.15 bits per heavy atom. The maximum Gasteiger partial charge on any atom is 0.354 e. The van der Waals surface area contributed by atoms with Gasteiger partial charge in [-0.05, 0) is 47.0 Å². The van der Waals surface area contributed by atoms with Crippen molar-refractivity contribution in [2.24, 2.45) is 0 Å². The number of fused-ring (bicyclic) bond motifs is 2. The lowest BCUT2D eigenvalue weighted by atomic mass is 10.0. The van der Waals surface area contributed by atoms with Crippen molar-refractivity contribution < 1.29 is 14.3 Å². The largest absolute Gasteiger partial charge is 0.477 e. The van der Waals surface area contributed by atoms with E-state index >= 15 is 0 Å². The van der Waals surface area contributed by atoms with E-state index in [0.29, 0.717) is 12.2 Å². The molecule has 4 nitrogen and oxygen atoms in total. The summed E-state index contributed by atoms with van der Waals surface area (Å²) in [7, 11) is 1.73. The first kappa shape index (κ1) is 17.1. The maximum atomic E-state index is 13.8. The number of carbonyl (C=O) groups is 1. The Morgan fingerprint density at radius 3 is 2.67 bits per heavy atom. The van der Waals surface area contributed by atoms with E-state index in [1.54, 1.807) is 17.7 Å². The normalized spacial score (nSPS) is 11.2. The average molecular weight is 362 g/mol. The molecule has 0 amide bonds. The van der Waals surface area contributed by atoms with Crippen molar-refractivity contribution in [3.63, 3.8) is 0 Å². The molecule has 5 heteroatoms. The number of carboxylic acid groups (broad SMARTS) is 1. The molecule has 1 aromatic heterocycles. The molecule has 0 bridgehead atoms. The van der Waals surface area contributed by atoms with Crippen LogP contribution in [0.2, 0.25) is 0 Å². The molecule has 4 aromatic rings. The number of nitrogens with one attached hydrogen (secondary N) is 1. The van der Waals surface area contributed by atoms with Gasteiger partial charge in [0.15, 0.2) is 5.69 Å². The van der Waals surface area contributed by atoms with Crippen LogP contribution in [0.25, 0.3) is 21.7 Å². The Labute approximate surface area is 155 Å². The van der Waals surface area contributed by atoms with Gasteiger partial charge in [0, 0.05) is 19.0 Å². The van der Waals surface area contributed by atoms with Crippen LogP contribution in [0.4, 0.5) is 10.1 Å². The number of rotatable bonds is 4. The van der Waals surface area contributed by atoms with Gasteiger partial charge >= 0.3 is 5.97 Å². The number of aryl methyl sites for hydroxylation is 1. The fourth-order valence-corrected chi connectivity index (χ4v) is 3.82. The van der Waals surface area contributed by atoms with E-state index in [1.807, 2.05) is 43.3 Å². The van der Waals surface area contributed by atoms with Gasteiger partial charge in [-0.3, -0.25) is 0 Å². The van der Waals surface area contributed by atoms with Crippen molar-refractivity contribution >= 4 is 33.3 Å². The molecule has 4 rings (SSSR count). The summed E-state index contributed by atoms with van der Waals surface area (Å²) in [5.41, 5.74) is 3.51. The summed E-state index contributed by atoms with van der Waals surface area (Å²) in [5.74, 6) is -1.31. The molecule has 0 aliphatic heterocycles. The van der Waals surface area contributed by atoms with Gasteiger partial charge in [-0.15, -0.1) is 0 Å². The van der Waals surface area contributed by atoms with Crippen molar-refractivity contribution in [2.45, 2.75) is 13.5 Å². The first-order valence-electron chi connectivity index (χ1n) is 8.71. The Morgan fingerprint density at radius 2 is 1.93 bits per heavy atom. The minimum Gasteiger partial charge on any atom is -0.477 e. The Bertz CT molecular complexity index is 1190. The smallest absolute Gasteiger partial charge is 0.354 e. The van der Waals surface area contributed by atoms with E-state index in [2.05, 4.69) is 5.32 Å². The van der Waals surface area contributed by atoms with Gasteiger partial charge in [-0.25, -0.2) is 9.18 Å². The monoisotopic (exact) mass is 362 g/mol. The summed E-state index contributed by atoms with van der Waals surface area (Å²) in [5, 5.41) is 15.5. The van der Waals surface area contributed by atoms with Gasteiger partial charge < -0.3 is 15.0 Å². The number of anilines is 1. The van der Waals surface area contributed by atoms with Crippen LogP contribution < -0.4 is 5.32 Å². The Balaban J connectivity index is 2.01. The standard InChI is InChI=1S/C22H19FN2O2/c1-13-5-3-8-18-19(13)20(24-2)21(22(26)27)25(18)12-15-7-4-6-14-9-10-16(23)11-17(14)15/h3-11,24H,12H2,1-2H3,(H,26,27). The predicted octanol–water partition coefficient (Wildman–Crippen LogP) is 5.03. The van der Waals surface area contributed by atoms with Crippen LogP contribution in [-0.4, -0.2) is 22.7 Å². The van der Waals surface area contributed by atoms with Crippen molar-refractivity contribution in [1.82, 2.24) is 4.57 Å². The lowest BCUT2D eigenvalue weighted by molar-refractivity contribution is 0.0687. The predicted molar refractivity (Wildman–Crippen MR) is 106 cm³/mol. The highest BCUT2D eigenvalue weighted by Gasteiger charge is 2.23. The van der Waals surface area contributed by atoms with E-state index in [9.17, 15) is 14.3 Å². The number of benzene rings is 3. The van der Waals surface area contributed by atoms with Crippen molar-refractivity contribution in [2.75, 3.05) is 12.4 Å². The number of halogens is 1. The summed E-state index contributed by atoms with van der Waals surface area (Å²) in [4.78, 5) is 12.1. The molecule has 0 aliphatic carbocycles. The van der Waals surface area contributed by atoms with Gasteiger partial charge in [0.1, 0.15) is 5.82 Å². The molecule has 3 aromatic carbocycles. The minimum absolute atomic E-state index is 0.204. The third-order valence-corrected chi connectivity index (χ3v) is 5.01. The van der Waals surface area contributed by atoms with E-state index in [4.69, 9.17) is 0 Å². The molecular weight excluding hydrogens is 343 g/mol. The number of hydrogen-bond acceptors (Lipinski definition) is 2. The number of nitrogens with zero attached hydrogens (tertiary/aromatic N) is 1. The fraction of sp³-hybridized carbons (Fsp3) is 0.136. The zero-order valence-electron chi connectivity index (χ0n) is 15.1. The zero-order chi connectivity index (χ0) is 19.1. The Hall–Kier alpha value is -3.34. The third kappa shape index (κ3) is 2.72. The second-order valence-corrected chi connectivity index (χ2v) is 6.62. The van der Waals surface area contributed by atoms with Gasteiger partial charge in [0.2, 0.25) is 0 Å². The van der Waals surface area contributed by atoms with Crippen molar-refractivity contribution in [3.8, 4) is 0 Å². The van der Waals surface area contributed by atoms with Crippen LogP contribution in [-0.2, 0) is 6.54 Å².